The van der Waals surface area contributed by atoms with E-state index in [9.17, 15) is 9.59 Å². The van der Waals surface area contributed by atoms with Crippen LogP contribution in [0.25, 0.3) is 0 Å². The molecule has 0 saturated carbocycles. The van der Waals surface area contributed by atoms with Gasteiger partial charge < -0.3 is 20.4 Å². The van der Waals surface area contributed by atoms with Gasteiger partial charge in [-0.3, -0.25) is 4.79 Å². The van der Waals surface area contributed by atoms with Gasteiger partial charge in [-0.15, -0.1) is 0 Å². The summed E-state index contributed by atoms with van der Waals surface area (Å²) in [4.78, 5) is 23.8. The Morgan fingerprint density at radius 2 is 2.06 bits per heavy atom. The third-order valence-electron chi connectivity index (χ3n) is 3.25. The van der Waals surface area contributed by atoms with E-state index in [1.165, 1.54) is 0 Å². The zero-order chi connectivity index (χ0) is 13.4. The Morgan fingerprint density at radius 1 is 1.28 bits per heavy atom. The van der Waals surface area contributed by atoms with Crippen LogP contribution in [0, 0.1) is 0 Å². The number of carboxylic acid groups (broad SMARTS) is 1. The highest BCUT2D eigenvalue weighted by molar-refractivity contribution is 5.76. The molecular formula is C12H22N2O4. The Bertz CT molecular complexity index is 283. The van der Waals surface area contributed by atoms with Gasteiger partial charge in [-0.1, -0.05) is 6.42 Å². The summed E-state index contributed by atoms with van der Waals surface area (Å²) in [6.45, 7) is 1.24. The summed E-state index contributed by atoms with van der Waals surface area (Å²) in [5.74, 6) is 0.109. The van der Waals surface area contributed by atoms with E-state index in [1.807, 2.05) is 0 Å². The molecule has 1 saturated heterocycles. The van der Waals surface area contributed by atoms with Crippen LogP contribution >= 0.6 is 0 Å². The minimum atomic E-state index is -1.01. The summed E-state index contributed by atoms with van der Waals surface area (Å²) < 4.78 is 0. The number of aliphatic hydroxyl groups is 1. The van der Waals surface area contributed by atoms with Crippen molar-refractivity contribution < 1.29 is 19.8 Å². The molecule has 1 fully saturated rings. The van der Waals surface area contributed by atoms with Crippen LogP contribution in [0.15, 0.2) is 0 Å². The van der Waals surface area contributed by atoms with Gasteiger partial charge in [0.1, 0.15) is 0 Å². The van der Waals surface area contributed by atoms with E-state index in [4.69, 9.17) is 10.2 Å². The quantitative estimate of drug-likeness (QED) is 0.589. The number of hydrogen-bond acceptors (Lipinski definition) is 3. The SMILES string of the molecule is O=C(O)NCCCCCC(=O)N1CCC[C@H]1CO. The highest BCUT2D eigenvalue weighted by atomic mass is 16.4. The zero-order valence-corrected chi connectivity index (χ0v) is 10.6. The molecule has 1 heterocycles. The standard InChI is InChI=1S/C12H22N2O4/c15-9-10-5-4-8-14(10)11(16)6-2-1-3-7-13-12(17)18/h10,13,15H,1-9H2,(H,17,18)/t10-/m0/s1. The van der Waals surface area contributed by atoms with Crippen molar-refractivity contribution >= 4 is 12.0 Å². The van der Waals surface area contributed by atoms with Crippen molar-refractivity contribution in [3.63, 3.8) is 0 Å². The third kappa shape index (κ3) is 4.91. The fourth-order valence-electron chi connectivity index (χ4n) is 2.27. The molecule has 6 nitrogen and oxygen atoms in total. The van der Waals surface area contributed by atoms with Crippen molar-refractivity contribution in [3.05, 3.63) is 0 Å². The maximum atomic E-state index is 11.9. The number of nitrogens with one attached hydrogen (secondary N) is 1. The predicted octanol–water partition coefficient (Wildman–Crippen LogP) is 0.798. The summed E-state index contributed by atoms with van der Waals surface area (Å²) in [5.41, 5.74) is 0. The predicted molar refractivity (Wildman–Crippen MR) is 66.3 cm³/mol. The average Bonchev–Trinajstić information content (AvgIpc) is 2.81. The number of hydrogen-bond donors (Lipinski definition) is 3. The maximum Gasteiger partial charge on any atom is 0.404 e. The van der Waals surface area contributed by atoms with Gasteiger partial charge in [0.05, 0.1) is 12.6 Å². The Balaban J connectivity index is 2.08. The van der Waals surface area contributed by atoms with Crippen LogP contribution in [0.1, 0.15) is 38.5 Å². The Morgan fingerprint density at radius 3 is 2.72 bits per heavy atom. The van der Waals surface area contributed by atoms with Crippen LogP contribution in [0.5, 0.6) is 0 Å². The number of nitrogens with zero attached hydrogens (tertiary/aromatic N) is 1. The van der Waals surface area contributed by atoms with Crippen molar-refractivity contribution in [2.24, 2.45) is 0 Å². The summed E-state index contributed by atoms with van der Waals surface area (Å²) >= 11 is 0. The first-order valence-corrected chi connectivity index (χ1v) is 6.52. The summed E-state index contributed by atoms with van der Waals surface area (Å²) in [5, 5.41) is 19.8. The molecule has 104 valence electrons. The molecule has 0 aromatic rings. The minimum Gasteiger partial charge on any atom is -0.465 e. The Hall–Kier alpha value is -1.30. The normalized spacial score (nSPS) is 18.9. The molecule has 0 radical (unpaired) electrons. The number of likely N-dealkylation sites (tertiary alicyclic amines) is 1. The van der Waals surface area contributed by atoms with Crippen LogP contribution in [-0.2, 0) is 4.79 Å². The van der Waals surface area contributed by atoms with E-state index in [-0.39, 0.29) is 18.6 Å². The average molecular weight is 258 g/mol. The highest BCUT2D eigenvalue weighted by Gasteiger charge is 2.27. The fraction of sp³-hybridized carbons (Fsp3) is 0.833. The number of aliphatic hydroxyl groups excluding tert-OH is 1. The highest BCUT2D eigenvalue weighted by Crippen LogP contribution is 2.18. The van der Waals surface area contributed by atoms with Crippen LogP contribution in [-0.4, -0.2) is 52.9 Å². The molecule has 0 aliphatic carbocycles. The number of carbonyl (C=O) groups excluding carboxylic acids is 1. The Kier molecular flexibility index (Phi) is 6.49. The van der Waals surface area contributed by atoms with Gasteiger partial charge in [-0.2, -0.15) is 0 Å². The molecule has 0 aromatic carbocycles. The van der Waals surface area contributed by atoms with Gasteiger partial charge in [-0.05, 0) is 25.7 Å². The van der Waals surface area contributed by atoms with E-state index in [2.05, 4.69) is 5.32 Å². The van der Waals surface area contributed by atoms with Gasteiger partial charge in [0.2, 0.25) is 5.91 Å². The lowest BCUT2D eigenvalue weighted by atomic mass is 10.1. The van der Waals surface area contributed by atoms with Gasteiger partial charge in [0, 0.05) is 19.5 Å². The number of rotatable bonds is 7. The van der Waals surface area contributed by atoms with Crippen LogP contribution in [0.3, 0.4) is 0 Å². The van der Waals surface area contributed by atoms with E-state index in [1.54, 1.807) is 4.90 Å². The molecule has 0 bridgehead atoms. The summed E-state index contributed by atoms with van der Waals surface area (Å²) in [6, 6.07) is 0.00572. The van der Waals surface area contributed by atoms with Crippen molar-refractivity contribution in [2.45, 2.75) is 44.6 Å². The smallest absolute Gasteiger partial charge is 0.404 e. The second-order valence-electron chi connectivity index (χ2n) is 4.61. The zero-order valence-electron chi connectivity index (χ0n) is 10.6. The lowest BCUT2D eigenvalue weighted by Gasteiger charge is -2.22. The van der Waals surface area contributed by atoms with Crippen molar-refractivity contribution in [3.8, 4) is 0 Å². The lowest BCUT2D eigenvalue weighted by molar-refractivity contribution is -0.132. The van der Waals surface area contributed by atoms with Gasteiger partial charge in [-0.25, -0.2) is 4.79 Å². The molecule has 1 rings (SSSR count). The van der Waals surface area contributed by atoms with Crippen molar-refractivity contribution in [2.75, 3.05) is 19.7 Å². The summed E-state index contributed by atoms with van der Waals surface area (Å²) in [7, 11) is 0. The first-order chi connectivity index (χ1) is 8.65. The second kappa shape index (κ2) is 7.92. The van der Waals surface area contributed by atoms with Crippen LogP contribution in [0.4, 0.5) is 4.79 Å². The van der Waals surface area contributed by atoms with E-state index in [0.29, 0.717) is 13.0 Å². The van der Waals surface area contributed by atoms with Gasteiger partial charge in [0.25, 0.3) is 0 Å². The second-order valence-corrected chi connectivity index (χ2v) is 4.61. The van der Waals surface area contributed by atoms with Crippen LogP contribution < -0.4 is 5.32 Å². The molecule has 18 heavy (non-hydrogen) atoms. The number of unbranched alkanes of at least 4 members (excludes halogenated alkanes) is 2. The number of amides is 2. The van der Waals surface area contributed by atoms with E-state index in [0.717, 1.165) is 38.6 Å². The van der Waals surface area contributed by atoms with E-state index >= 15 is 0 Å². The first-order valence-electron chi connectivity index (χ1n) is 6.52. The molecule has 0 spiro atoms. The molecule has 0 unspecified atom stereocenters. The van der Waals surface area contributed by atoms with Crippen LogP contribution in [0.2, 0.25) is 0 Å². The monoisotopic (exact) mass is 258 g/mol. The molecule has 1 aliphatic heterocycles. The Labute approximate surface area is 107 Å². The molecule has 1 atom stereocenters. The van der Waals surface area contributed by atoms with Crippen molar-refractivity contribution in [1.82, 2.24) is 10.2 Å². The molecule has 2 amide bonds. The first kappa shape index (κ1) is 14.8. The van der Waals surface area contributed by atoms with Gasteiger partial charge in [0.15, 0.2) is 0 Å². The van der Waals surface area contributed by atoms with E-state index < -0.39 is 6.09 Å². The molecule has 1 aliphatic rings. The van der Waals surface area contributed by atoms with Crippen molar-refractivity contribution in [1.29, 1.82) is 0 Å². The fourth-order valence-corrected chi connectivity index (χ4v) is 2.27. The summed E-state index contributed by atoms with van der Waals surface area (Å²) in [6.07, 6.45) is 3.71. The minimum absolute atomic E-state index is 0.00572. The third-order valence-corrected chi connectivity index (χ3v) is 3.25. The molecule has 6 heteroatoms. The molecule has 3 N–H and O–H groups in total. The largest absolute Gasteiger partial charge is 0.465 e. The molecular weight excluding hydrogens is 236 g/mol. The number of carbonyl (C=O) groups is 2. The van der Waals surface area contributed by atoms with Gasteiger partial charge >= 0.3 is 6.09 Å². The lowest BCUT2D eigenvalue weighted by Crippen LogP contribution is -2.37. The maximum absolute atomic E-state index is 11.9. The molecule has 0 aromatic heterocycles. The topological polar surface area (TPSA) is 89.9 Å².